The number of rotatable bonds is 1. The second kappa shape index (κ2) is 3.96. The van der Waals surface area contributed by atoms with Crippen LogP contribution < -0.4 is 0 Å². The van der Waals surface area contributed by atoms with Crippen LogP contribution in [-0.4, -0.2) is 46.7 Å². The fourth-order valence-electron chi connectivity index (χ4n) is 1.79. The number of carbonyl (C=O) groups excluding carboxylic acids is 1. The summed E-state index contributed by atoms with van der Waals surface area (Å²) < 4.78 is 5.37. The fraction of sp³-hybridized carbons (Fsp3) is 0.778. The number of aliphatic carboxylic acids is 1. The third kappa shape index (κ3) is 2.04. The van der Waals surface area contributed by atoms with Gasteiger partial charge in [0.25, 0.3) is 0 Å². The molecule has 1 N–H and O–H groups in total. The van der Waals surface area contributed by atoms with Gasteiger partial charge in [-0.3, -0.25) is 4.79 Å². The average molecular weight is 201 g/mol. The van der Waals surface area contributed by atoms with Crippen LogP contribution in [0, 0.1) is 0 Å². The molecule has 0 aromatic heterocycles. The highest BCUT2D eigenvalue weighted by molar-refractivity contribution is 5.83. The van der Waals surface area contributed by atoms with Crippen molar-refractivity contribution in [3.63, 3.8) is 0 Å². The minimum Gasteiger partial charge on any atom is -0.480 e. The van der Waals surface area contributed by atoms with E-state index in [1.165, 1.54) is 11.8 Å². The van der Waals surface area contributed by atoms with Crippen molar-refractivity contribution in [2.75, 3.05) is 6.54 Å². The van der Waals surface area contributed by atoms with E-state index in [2.05, 4.69) is 0 Å². The van der Waals surface area contributed by atoms with E-state index in [0.29, 0.717) is 6.54 Å². The molecule has 1 aliphatic heterocycles. The normalized spacial score (nSPS) is 32.8. The number of amides is 1. The van der Waals surface area contributed by atoms with Crippen molar-refractivity contribution in [3.05, 3.63) is 0 Å². The molecule has 1 fully saturated rings. The van der Waals surface area contributed by atoms with Crippen molar-refractivity contribution in [2.24, 2.45) is 0 Å². The van der Waals surface area contributed by atoms with Crippen LogP contribution >= 0.6 is 0 Å². The summed E-state index contributed by atoms with van der Waals surface area (Å²) in [7, 11) is 0. The Bertz CT molecular complexity index is 253. The minimum atomic E-state index is -1.01. The quantitative estimate of drug-likeness (QED) is 0.653. The Morgan fingerprint density at radius 1 is 1.43 bits per heavy atom. The van der Waals surface area contributed by atoms with Crippen LogP contribution in [0.3, 0.4) is 0 Å². The summed E-state index contributed by atoms with van der Waals surface area (Å²) in [4.78, 5) is 23.5. The number of nitrogens with zero attached hydrogens (tertiary/aromatic N) is 1. The number of hydrogen-bond donors (Lipinski definition) is 1. The third-order valence-electron chi connectivity index (χ3n) is 2.34. The van der Waals surface area contributed by atoms with E-state index in [1.54, 1.807) is 6.92 Å². The van der Waals surface area contributed by atoms with Gasteiger partial charge in [0.05, 0.1) is 12.2 Å². The molecule has 1 unspecified atom stereocenters. The molecule has 0 aliphatic carbocycles. The molecule has 0 bridgehead atoms. The predicted molar refractivity (Wildman–Crippen MR) is 48.8 cm³/mol. The van der Waals surface area contributed by atoms with Crippen LogP contribution in [-0.2, 0) is 14.3 Å². The topological polar surface area (TPSA) is 66.8 Å². The van der Waals surface area contributed by atoms with Crippen molar-refractivity contribution < 1.29 is 19.4 Å². The molecule has 5 nitrogen and oxygen atoms in total. The Hall–Kier alpha value is -1.10. The summed E-state index contributed by atoms with van der Waals surface area (Å²) in [5, 5.41) is 8.94. The first kappa shape index (κ1) is 11.0. The monoisotopic (exact) mass is 201 g/mol. The van der Waals surface area contributed by atoms with Crippen LogP contribution in [0.5, 0.6) is 0 Å². The lowest BCUT2D eigenvalue weighted by Gasteiger charge is -2.39. The van der Waals surface area contributed by atoms with Gasteiger partial charge < -0.3 is 14.7 Å². The summed E-state index contributed by atoms with van der Waals surface area (Å²) in [5.41, 5.74) is 0. The Morgan fingerprint density at radius 3 is 2.43 bits per heavy atom. The van der Waals surface area contributed by atoms with Crippen LogP contribution in [0.15, 0.2) is 0 Å². The van der Waals surface area contributed by atoms with Crippen LogP contribution in [0.4, 0.5) is 0 Å². The maximum atomic E-state index is 11.2. The van der Waals surface area contributed by atoms with Crippen LogP contribution in [0.25, 0.3) is 0 Å². The molecule has 0 spiro atoms. The van der Waals surface area contributed by atoms with E-state index < -0.39 is 18.1 Å². The van der Waals surface area contributed by atoms with Gasteiger partial charge in [0.1, 0.15) is 0 Å². The van der Waals surface area contributed by atoms with Crippen molar-refractivity contribution in [2.45, 2.75) is 39.0 Å². The van der Waals surface area contributed by atoms with E-state index >= 15 is 0 Å². The zero-order chi connectivity index (χ0) is 10.9. The third-order valence-corrected chi connectivity index (χ3v) is 2.34. The lowest BCUT2D eigenvalue weighted by Crippen LogP contribution is -2.58. The SMILES string of the molecule is CC(=O)N1C[C@H](C)O[C@H](C)C1C(=O)O. The lowest BCUT2D eigenvalue weighted by atomic mass is 10.1. The van der Waals surface area contributed by atoms with Gasteiger partial charge in [0.2, 0.25) is 5.91 Å². The number of carboxylic acid groups (broad SMARTS) is 1. The predicted octanol–water partition coefficient (Wildman–Crippen LogP) is 0.0953. The van der Waals surface area contributed by atoms with Gasteiger partial charge in [-0.05, 0) is 13.8 Å². The van der Waals surface area contributed by atoms with E-state index in [9.17, 15) is 9.59 Å². The summed E-state index contributed by atoms with van der Waals surface area (Å²) >= 11 is 0. The minimum absolute atomic E-state index is 0.107. The molecule has 1 amide bonds. The molecule has 0 aromatic rings. The number of carboxylic acids is 1. The van der Waals surface area contributed by atoms with Gasteiger partial charge in [-0.15, -0.1) is 0 Å². The molecule has 1 aliphatic rings. The Kier molecular flexibility index (Phi) is 3.10. The Balaban J connectivity index is 2.86. The highest BCUT2D eigenvalue weighted by Gasteiger charge is 2.39. The number of morpholine rings is 1. The molecular formula is C9H15NO4. The molecule has 80 valence electrons. The van der Waals surface area contributed by atoms with Crippen molar-refractivity contribution >= 4 is 11.9 Å². The van der Waals surface area contributed by atoms with Gasteiger partial charge in [-0.1, -0.05) is 0 Å². The molecule has 1 rings (SSSR count). The summed E-state index contributed by atoms with van der Waals surface area (Å²) in [6.45, 7) is 5.21. The van der Waals surface area contributed by atoms with Gasteiger partial charge in [-0.2, -0.15) is 0 Å². The van der Waals surface area contributed by atoms with Gasteiger partial charge in [-0.25, -0.2) is 4.79 Å². The zero-order valence-corrected chi connectivity index (χ0v) is 8.56. The summed E-state index contributed by atoms with van der Waals surface area (Å²) in [5.74, 6) is -1.24. The first-order valence-corrected chi connectivity index (χ1v) is 4.59. The first-order valence-electron chi connectivity index (χ1n) is 4.59. The largest absolute Gasteiger partial charge is 0.480 e. The molecular weight excluding hydrogens is 186 g/mol. The average Bonchev–Trinajstić information content (AvgIpc) is 2.01. The van der Waals surface area contributed by atoms with E-state index in [4.69, 9.17) is 9.84 Å². The summed E-state index contributed by atoms with van der Waals surface area (Å²) in [6, 6.07) is -0.858. The van der Waals surface area contributed by atoms with Gasteiger partial charge >= 0.3 is 5.97 Å². The fourth-order valence-corrected chi connectivity index (χ4v) is 1.79. The molecule has 3 atom stereocenters. The van der Waals surface area contributed by atoms with E-state index in [1.807, 2.05) is 6.92 Å². The second-order valence-corrected chi connectivity index (χ2v) is 3.61. The molecule has 0 aromatic carbocycles. The van der Waals surface area contributed by atoms with Crippen molar-refractivity contribution in [1.29, 1.82) is 0 Å². The number of hydrogen-bond acceptors (Lipinski definition) is 3. The summed E-state index contributed by atoms with van der Waals surface area (Å²) in [6.07, 6.45) is -0.565. The zero-order valence-electron chi connectivity index (χ0n) is 8.56. The standard InChI is InChI=1S/C9H15NO4/c1-5-4-10(7(3)11)8(9(12)13)6(2)14-5/h5-6,8H,4H2,1-3H3,(H,12,13)/t5-,6+,8?/m0/s1. The number of ether oxygens (including phenoxy) is 1. The highest BCUT2D eigenvalue weighted by atomic mass is 16.5. The molecule has 0 radical (unpaired) electrons. The number of carbonyl (C=O) groups is 2. The van der Waals surface area contributed by atoms with Crippen molar-refractivity contribution in [1.82, 2.24) is 4.90 Å². The molecule has 1 saturated heterocycles. The van der Waals surface area contributed by atoms with Crippen LogP contribution in [0.1, 0.15) is 20.8 Å². The van der Waals surface area contributed by atoms with Crippen molar-refractivity contribution in [3.8, 4) is 0 Å². The lowest BCUT2D eigenvalue weighted by molar-refractivity contribution is -0.170. The Labute approximate surface area is 82.6 Å². The highest BCUT2D eigenvalue weighted by Crippen LogP contribution is 2.18. The van der Waals surface area contributed by atoms with Gasteiger partial charge in [0, 0.05) is 13.5 Å². The Morgan fingerprint density at radius 2 is 2.00 bits per heavy atom. The molecule has 5 heteroatoms. The smallest absolute Gasteiger partial charge is 0.329 e. The van der Waals surface area contributed by atoms with E-state index in [-0.39, 0.29) is 12.0 Å². The molecule has 1 heterocycles. The second-order valence-electron chi connectivity index (χ2n) is 3.61. The van der Waals surface area contributed by atoms with Gasteiger partial charge in [0.15, 0.2) is 6.04 Å². The molecule has 14 heavy (non-hydrogen) atoms. The first-order chi connectivity index (χ1) is 6.43. The van der Waals surface area contributed by atoms with Crippen LogP contribution in [0.2, 0.25) is 0 Å². The van der Waals surface area contributed by atoms with E-state index in [0.717, 1.165) is 0 Å². The molecule has 0 saturated carbocycles. The maximum Gasteiger partial charge on any atom is 0.329 e. The maximum absolute atomic E-state index is 11.2.